The molecule has 130 valence electrons. The predicted molar refractivity (Wildman–Crippen MR) is 85.2 cm³/mol. The fourth-order valence-electron chi connectivity index (χ4n) is 4.34. The lowest BCUT2D eigenvalue weighted by atomic mass is 9.91. The van der Waals surface area contributed by atoms with Gasteiger partial charge < -0.3 is 18.9 Å². The Bertz CT molecular complexity index is 623. The molecule has 0 N–H and O–H groups in total. The lowest BCUT2D eigenvalue weighted by Crippen LogP contribution is -2.49. The fourth-order valence-corrected chi connectivity index (χ4v) is 4.34. The largest absolute Gasteiger partial charge is 0.370 e. The van der Waals surface area contributed by atoms with E-state index in [9.17, 15) is 0 Å². The summed E-state index contributed by atoms with van der Waals surface area (Å²) in [7, 11) is 0. The molecule has 6 nitrogen and oxygen atoms in total. The number of fused-ring (bicyclic) bond motifs is 6. The van der Waals surface area contributed by atoms with E-state index in [4.69, 9.17) is 23.8 Å². The molecule has 0 saturated carbocycles. The van der Waals surface area contributed by atoms with Gasteiger partial charge in [-0.25, -0.2) is 5.06 Å². The Labute approximate surface area is 141 Å². The highest BCUT2D eigenvalue weighted by Gasteiger charge is 2.62. The van der Waals surface area contributed by atoms with E-state index in [1.54, 1.807) is 0 Å². The number of nitrogens with zero attached hydrogens (tertiary/aromatic N) is 1. The molecule has 4 aliphatic heterocycles. The topological polar surface area (TPSA) is 49.4 Å². The average molecular weight is 333 g/mol. The van der Waals surface area contributed by atoms with Crippen LogP contribution >= 0.6 is 0 Å². The number of hydroxylamine groups is 1. The molecule has 5 rings (SSSR count). The molecule has 4 aliphatic rings. The standard InChI is InChI=1S/C18H23NO5/c1-10-12-9-20-15-14(21-17-16(15)22-18(2,3)23-17)13(10)19(24-12)11-7-5-4-6-8-11/h4-8,10,12-17H,9H2,1-3H3/t10-,12+,13+,14-,15+,16-,17-/m1/s1. The maximum atomic E-state index is 6.26. The summed E-state index contributed by atoms with van der Waals surface area (Å²) in [6.45, 7) is 6.56. The maximum absolute atomic E-state index is 6.26. The number of para-hydroxylation sites is 1. The number of rotatable bonds is 1. The number of benzene rings is 1. The molecular formula is C18H23NO5. The summed E-state index contributed by atoms with van der Waals surface area (Å²) in [4.78, 5) is 6.18. The molecule has 0 aromatic heterocycles. The summed E-state index contributed by atoms with van der Waals surface area (Å²) in [5.74, 6) is -0.331. The molecule has 2 bridgehead atoms. The van der Waals surface area contributed by atoms with E-state index in [1.165, 1.54) is 0 Å². The maximum Gasteiger partial charge on any atom is 0.190 e. The van der Waals surface area contributed by atoms with Crippen LogP contribution < -0.4 is 5.06 Å². The molecule has 1 aromatic carbocycles. The third-order valence-corrected chi connectivity index (χ3v) is 5.47. The van der Waals surface area contributed by atoms with Crippen LogP contribution in [0, 0.1) is 5.92 Å². The molecule has 0 unspecified atom stereocenters. The van der Waals surface area contributed by atoms with Crippen LogP contribution in [0.15, 0.2) is 30.3 Å². The van der Waals surface area contributed by atoms with Crippen molar-refractivity contribution in [3.63, 3.8) is 0 Å². The summed E-state index contributed by atoms with van der Waals surface area (Å²) in [6.07, 6.45) is -0.813. The second-order valence-electron chi connectivity index (χ2n) is 7.52. The number of ether oxygens (including phenoxy) is 4. The lowest BCUT2D eigenvalue weighted by Gasteiger charge is -2.34. The van der Waals surface area contributed by atoms with Gasteiger partial charge in [-0.15, -0.1) is 0 Å². The zero-order chi connectivity index (χ0) is 16.5. The van der Waals surface area contributed by atoms with Gasteiger partial charge in [0.05, 0.1) is 18.3 Å². The number of hydrogen-bond donors (Lipinski definition) is 0. The summed E-state index contributed by atoms with van der Waals surface area (Å²) in [5, 5.41) is 2.00. The molecular weight excluding hydrogens is 310 g/mol. The van der Waals surface area contributed by atoms with Crippen LogP contribution in [0.3, 0.4) is 0 Å². The van der Waals surface area contributed by atoms with E-state index in [0.717, 1.165) is 5.69 Å². The van der Waals surface area contributed by atoms with E-state index in [1.807, 2.05) is 37.1 Å². The number of anilines is 1. The first-order chi connectivity index (χ1) is 11.5. The summed E-state index contributed by atoms with van der Waals surface area (Å²) in [5.41, 5.74) is 1.04. The lowest BCUT2D eigenvalue weighted by molar-refractivity contribution is -0.222. The monoisotopic (exact) mass is 333 g/mol. The van der Waals surface area contributed by atoms with Crippen LogP contribution in [0.5, 0.6) is 0 Å². The molecule has 4 fully saturated rings. The Balaban J connectivity index is 1.48. The van der Waals surface area contributed by atoms with Crippen LogP contribution in [-0.4, -0.2) is 49.1 Å². The first-order valence-electron chi connectivity index (χ1n) is 8.67. The Morgan fingerprint density at radius 1 is 1.04 bits per heavy atom. The van der Waals surface area contributed by atoms with Gasteiger partial charge >= 0.3 is 0 Å². The quantitative estimate of drug-likeness (QED) is 0.784. The van der Waals surface area contributed by atoms with Crippen molar-refractivity contribution in [1.82, 2.24) is 0 Å². The first kappa shape index (κ1) is 15.1. The van der Waals surface area contributed by atoms with Gasteiger partial charge in [-0.1, -0.05) is 25.1 Å². The van der Waals surface area contributed by atoms with E-state index in [0.29, 0.717) is 12.5 Å². The minimum absolute atomic E-state index is 0.0261. The zero-order valence-corrected chi connectivity index (χ0v) is 14.1. The van der Waals surface area contributed by atoms with Crippen molar-refractivity contribution in [2.45, 2.75) is 63.3 Å². The van der Waals surface area contributed by atoms with Crippen molar-refractivity contribution < 1.29 is 23.8 Å². The Kier molecular flexibility index (Phi) is 3.25. The van der Waals surface area contributed by atoms with Crippen molar-refractivity contribution in [3.8, 4) is 0 Å². The van der Waals surface area contributed by atoms with E-state index in [2.05, 4.69) is 19.1 Å². The average Bonchev–Trinajstić information content (AvgIpc) is 3.09. The predicted octanol–water partition coefficient (Wildman–Crippen LogP) is 2.09. The van der Waals surface area contributed by atoms with Crippen molar-refractivity contribution in [2.24, 2.45) is 5.92 Å². The SMILES string of the molecule is C[C@H]1[C@H]2[C@H]3O[C@@H]4OC(C)(C)O[C@@H]4[C@H]3OC[C@@H]1ON2c1ccccc1. The molecule has 0 amide bonds. The highest BCUT2D eigenvalue weighted by atomic mass is 16.8. The Hall–Kier alpha value is -1.18. The minimum atomic E-state index is -0.629. The Morgan fingerprint density at radius 3 is 2.62 bits per heavy atom. The summed E-state index contributed by atoms with van der Waals surface area (Å²) >= 11 is 0. The molecule has 24 heavy (non-hydrogen) atoms. The van der Waals surface area contributed by atoms with Crippen LogP contribution in [-0.2, 0) is 23.8 Å². The van der Waals surface area contributed by atoms with Crippen molar-refractivity contribution in [2.75, 3.05) is 11.7 Å². The molecule has 0 aliphatic carbocycles. The molecule has 4 saturated heterocycles. The third kappa shape index (κ3) is 2.14. The second-order valence-corrected chi connectivity index (χ2v) is 7.52. The smallest absolute Gasteiger partial charge is 0.190 e. The first-order valence-corrected chi connectivity index (χ1v) is 8.67. The summed E-state index contributed by atoms with van der Waals surface area (Å²) < 4.78 is 24.4. The molecule has 0 radical (unpaired) electrons. The van der Waals surface area contributed by atoms with Crippen LogP contribution in [0.2, 0.25) is 0 Å². The van der Waals surface area contributed by atoms with Crippen molar-refractivity contribution in [3.05, 3.63) is 30.3 Å². The Morgan fingerprint density at radius 2 is 1.83 bits per heavy atom. The molecule has 6 heteroatoms. The summed E-state index contributed by atoms with van der Waals surface area (Å²) in [6, 6.07) is 10.2. The highest BCUT2D eigenvalue weighted by Crippen LogP contribution is 2.46. The number of hydrogen-bond acceptors (Lipinski definition) is 6. The normalized spacial score (nSPS) is 45.8. The molecule has 1 aromatic rings. The fraction of sp³-hybridized carbons (Fsp3) is 0.667. The molecule has 4 heterocycles. The van der Waals surface area contributed by atoms with Gasteiger partial charge in [0.15, 0.2) is 12.1 Å². The van der Waals surface area contributed by atoms with E-state index in [-0.39, 0.29) is 36.7 Å². The third-order valence-electron chi connectivity index (χ3n) is 5.47. The van der Waals surface area contributed by atoms with Gasteiger partial charge in [-0.2, -0.15) is 0 Å². The van der Waals surface area contributed by atoms with Gasteiger partial charge in [0.25, 0.3) is 0 Å². The van der Waals surface area contributed by atoms with Gasteiger partial charge in [-0.3, -0.25) is 4.84 Å². The van der Waals surface area contributed by atoms with E-state index < -0.39 is 5.79 Å². The minimum Gasteiger partial charge on any atom is -0.370 e. The second kappa shape index (κ2) is 5.16. The van der Waals surface area contributed by atoms with Gasteiger partial charge in [0, 0.05) is 5.92 Å². The van der Waals surface area contributed by atoms with Gasteiger partial charge in [0.1, 0.15) is 24.4 Å². The van der Waals surface area contributed by atoms with Crippen LogP contribution in [0.4, 0.5) is 5.69 Å². The molecule has 0 spiro atoms. The van der Waals surface area contributed by atoms with Crippen LogP contribution in [0.25, 0.3) is 0 Å². The van der Waals surface area contributed by atoms with Crippen molar-refractivity contribution >= 4 is 5.69 Å². The van der Waals surface area contributed by atoms with E-state index >= 15 is 0 Å². The van der Waals surface area contributed by atoms with Crippen molar-refractivity contribution in [1.29, 1.82) is 0 Å². The van der Waals surface area contributed by atoms with Crippen LogP contribution in [0.1, 0.15) is 20.8 Å². The highest BCUT2D eigenvalue weighted by molar-refractivity contribution is 5.46. The zero-order valence-electron chi connectivity index (χ0n) is 14.1. The van der Waals surface area contributed by atoms with Gasteiger partial charge in [-0.05, 0) is 26.0 Å². The van der Waals surface area contributed by atoms with Gasteiger partial charge in [0.2, 0.25) is 0 Å². The molecule has 7 atom stereocenters.